The molecule has 34 heavy (non-hydrogen) atoms. The van der Waals surface area contributed by atoms with Crippen LogP contribution in [0.15, 0.2) is 34.5 Å². The minimum Gasteiger partial charge on any atom is -0.480 e. The Hall–Kier alpha value is -3.16. The average molecular weight is 496 g/mol. The lowest BCUT2D eigenvalue weighted by Crippen LogP contribution is -2.52. The highest BCUT2D eigenvalue weighted by atomic mass is 32.2. The van der Waals surface area contributed by atoms with Crippen LogP contribution in [0.25, 0.3) is 0 Å². The Morgan fingerprint density at radius 3 is 2.85 bits per heavy atom. The number of aliphatic imine (C=N–C) groups is 1. The smallest absolute Gasteiger partial charge is 0.338 e. The molecule has 2 unspecified atom stereocenters. The molecule has 1 fully saturated rings. The summed E-state index contributed by atoms with van der Waals surface area (Å²) in [6.07, 6.45) is 0. The molecule has 182 valence electrons. The highest BCUT2D eigenvalue weighted by Crippen LogP contribution is 2.34. The molecular weight excluding hydrogens is 472 g/mol. The highest BCUT2D eigenvalue weighted by molar-refractivity contribution is 8.26. The van der Waals surface area contributed by atoms with E-state index in [0.29, 0.717) is 6.07 Å². The summed E-state index contributed by atoms with van der Waals surface area (Å²) >= 11 is 0.727. The van der Waals surface area contributed by atoms with Gasteiger partial charge in [-0.15, -0.1) is 0 Å². The third-order valence-corrected chi connectivity index (χ3v) is 5.70. The molecule has 10 nitrogen and oxygen atoms in total. The SMILES string of the molecule is CCOC(=O)C1=C(CN2CCOCC2C(=O)O)NC(C(=N)SC=N)=NC1c1ccc(F)cc1F. The van der Waals surface area contributed by atoms with E-state index in [1.165, 1.54) is 0 Å². The molecule has 0 amide bonds. The zero-order valence-electron chi connectivity index (χ0n) is 18.1. The Morgan fingerprint density at radius 1 is 1.44 bits per heavy atom. The molecule has 0 radical (unpaired) electrons. The van der Waals surface area contributed by atoms with Gasteiger partial charge < -0.3 is 25.3 Å². The Morgan fingerprint density at radius 2 is 2.21 bits per heavy atom. The zero-order chi connectivity index (χ0) is 24.8. The van der Waals surface area contributed by atoms with Gasteiger partial charge in [-0.3, -0.25) is 20.1 Å². The summed E-state index contributed by atoms with van der Waals surface area (Å²) in [7, 11) is 0. The number of esters is 1. The number of morpholine rings is 1. The van der Waals surface area contributed by atoms with Gasteiger partial charge in [-0.25, -0.2) is 13.6 Å². The molecule has 1 saturated heterocycles. The quantitative estimate of drug-likeness (QED) is 0.243. The fourth-order valence-electron chi connectivity index (χ4n) is 3.61. The number of benzene rings is 1. The molecule has 0 aliphatic carbocycles. The van der Waals surface area contributed by atoms with Crippen LogP contribution in [0.1, 0.15) is 18.5 Å². The number of carbonyl (C=O) groups excluding carboxylic acids is 1. The number of hydrogen-bond donors (Lipinski definition) is 4. The fraction of sp³-hybridized carbons (Fsp3) is 0.381. The molecule has 2 atom stereocenters. The van der Waals surface area contributed by atoms with Crippen molar-refractivity contribution >= 4 is 40.1 Å². The van der Waals surface area contributed by atoms with E-state index in [0.717, 1.165) is 29.4 Å². The van der Waals surface area contributed by atoms with Crippen molar-refractivity contribution in [3.63, 3.8) is 0 Å². The number of ether oxygens (including phenoxy) is 2. The molecule has 1 aromatic rings. The van der Waals surface area contributed by atoms with Crippen molar-refractivity contribution < 1.29 is 33.0 Å². The van der Waals surface area contributed by atoms with Crippen LogP contribution < -0.4 is 5.32 Å². The van der Waals surface area contributed by atoms with Gasteiger partial charge in [0.1, 0.15) is 28.8 Å². The van der Waals surface area contributed by atoms with Gasteiger partial charge >= 0.3 is 11.9 Å². The lowest BCUT2D eigenvalue weighted by molar-refractivity contribution is -0.149. The Kier molecular flexibility index (Phi) is 8.47. The van der Waals surface area contributed by atoms with Crippen LogP contribution in [0.4, 0.5) is 8.78 Å². The normalized spacial score (nSPS) is 20.9. The molecule has 0 bridgehead atoms. The first-order valence-electron chi connectivity index (χ1n) is 10.3. The van der Waals surface area contributed by atoms with E-state index in [-0.39, 0.29) is 60.6 Å². The van der Waals surface area contributed by atoms with Gasteiger partial charge in [0.15, 0.2) is 5.84 Å². The molecule has 0 saturated carbocycles. The summed E-state index contributed by atoms with van der Waals surface area (Å²) in [6, 6.07) is 0.556. The maximum atomic E-state index is 14.8. The molecular formula is C21H23F2N5O5S. The molecule has 3 rings (SSSR count). The molecule has 13 heteroatoms. The fourth-order valence-corrected chi connectivity index (χ4v) is 3.94. The van der Waals surface area contributed by atoms with Crippen LogP contribution in [0.5, 0.6) is 0 Å². The van der Waals surface area contributed by atoms with E-state index in [1.54, 1.807) is 11.8 Å². The first kappa shape index (κ1) is 25.5. The third-order valence-electron chi connectivity index (χ3n) is 5.16. The molecule has 4 N–H and O–H groups in total. The molecule has 0 aromatic heterocycles. The summed E-state index contributed by atoms with van der Waals surface area (Å²) in [6.45, 7) is 1.97. The second kappa shape index (κ2) is 11.3. The minimum absolute atomic E-state index is 0.0135. The van der Waals surface area contributed by atoms with Crippen LogP contribution in [-0.4, -0.2) is 77.3 Å². The number of thioether (sulfide) groups is 1. The first-order valence-corrected chi connectivity index (χ1v) is 11.1. The number of aliphatic carboxylic acids is 1. The summed E-state index contributed by atoms with van der Waals surface area (Å²) in [5, 5.41) is 27.7. The van der Waals surface area contributed by atoms with Crippen molar-refractivity contribution in [1.29, 1.82) is 10.8 Å². The van der Waals surface area contributed by atoms with Gasteiger partial charge in [-0.1, -0.05) is 17.8 Å². The first-order chi connectivity index (χ1) is 16.3. The van der Waals surface area contributed by atoms with Gasteiger partial charge in [0, 0.05) is 30.4 Å². The van der Waals surface area contributed by atoms with Crippen LogP contribution in [0.2, 0.25) is 0 Å². The van der Waals surface area contributed by atoms with Crippen molar-refractivity contribution in [3.05, 3.63) is 46.7 Å². The Bertz CT molecular complexity index is 1060. The van der Waals surface area contributed by atoms with E-state index in [9.17, 15) is 23.5 Å². The van der Waals surface area contributed by atoms with Crippen LogP contribution in [-0.2, 0) is 19.1 Å². The van der Waals surface area contributed by atoms with Gasteiger partial charge in [0.25, 0.3) is 0 Å². The van der Waals surface area contributed by atoms with Gasteiger partial charge in [-0.05, 0) is 13.0 Å². The molecule has 0 spiro atoms. The van der Waals surface area contributed by atoms with Gasteiger partial charge in [-0.2, -0.15) is 0 Å². The number of hydrogen-bond acceptors (Lipinski definition) is 10. The monoisotopic (exact) mass is 495 g/mol. The minimum atomic E-state index is -1.29. The van der Waals surface area contributed by atoms with Crippen molar-refractivity contribution in [1.82, 2.24) is 10.2 Å². The molecule has 1 aromatic carbocycles. The van der Waals surface area contributed by atoms with E-state index in [4.69, 9.17) is 20.3 Å². The number of rotatable bonds is 8. The lowest BCUT2D eigenvalue weighted by Gasteiger charge is -2.35. The Labute approximate surface area is 198 Å². The summed E-state index contributed by atoms with van der Waals surface area (Å²) in [5.74, 6) is -3.74. The largest absolute Gasteiger partial charge is 0.480 e. The molecule has 2 heterocycles. The summed E-state index contributed by atoms with van der Waals surface area (Å²) in [4.78, 5) is 30.6. The number of nitrogens with zero attached hydrogens (tertiary/aromatic N) is 2. The second-order valence-electron chi connectivity index (χ2n) is 7.25. The predicted molar refractivity (Wildman–Crippen MR) is 121 cm³/mol. The maximum Gasteiger partial charge on any atom is 0.338 e. The second-order valence-corrected chi connectivity index (χ2v) is 8.13. The number of amidine groups is 1. The number of carbonyl (C=O) groups is 2. The van der Waals surface area contributed by atoms with Gasteiger partial charge in [0.2, 0.25) is 0 Å². The van der Waals surface area contributed by atoms with Crippen LogP contribution in [0.3, 0.4) is 0 Å². The topological polar surface area (TPSA) is 148 Å². The van der Waals surface area contributed by atoms with Gasteiger partial charge in [0.05, 0.1) is 30.9 Å². The van der Waals surface area contributed by atoms with Crippen LogP contribution in [0, 0.1) is 22.5 Å². The number of nitrogens with one attached hydrogen (secondary N) is 3. The van der Waals surface area contributed by atoms with E-state index < -0.39 is 35.7 Å². The lowest BCUT2D eigenvalue weighted by atomic mass is 9.94. The maximum absolute atomic E-state index is 14.8. The van der Waals surface area contributed by atoms with Crippen molar-refractivity contribution in [2.45, 2.75) is 19.0 Å². The zero-order valence-corrected chi connectivity index (χ0v) is 19.0. The van der Waals surface area contributed by atoms with E-state index in [2.05, 4.69) is 10.3 Å². The number of carboxylic acids is 1. The predicted octanol–water partition coefficient (Wildman–Crippen LogP) is 1.93. The van der Waals surface area contributed by atoms with Crippen molar-refractivity contribution in [2.75, 3.05) is 32.9 Å². The average Bonchev–Trinajstić information content (AvgIpc) is 2.79. The van der Waals surface area contributed by atoms with Crippen molar-refractivity contribution in [3.8, 4) is 0 Å². The van der Waals surface area contributed by atoms with E-state index >= 15 is 0 Å². The standard InChI is InChI=1S/C21H23F2N5O5S/c1-2-33-21(31)16-14(8-28-5-6-32-9-15(28)20(29)30)26-19(18(25)34-10-24)27-17(16)12-4-3-11(22)7-13(12)23/h3-4,7,10,15,17,24-25H,2,5-6,8-9H2,1H3,(H,26,27)(H,29,30). The molecule has 2 aliphatic heterocycles. The number of halogens is 2. The highest BCUT2D eigenvalue weighted by Gasteiger charge is 2.37. The summed E-state index contributed by atoms with van der Waals surface area (Å²) in [5.41, 5.74) is 0.873. The summed E-state index contributed by atoms with van der Waals surface area (Å²) < 4.78 is 38.8. The number of carboxylic acid groups (broad SMARTS) is 1. The Balaban J connectivity index is 2.14. The van der Waals surface area contributed by atoms with E-state index in [1.807, 2.05) is 0 Å². The van der Waals surface area contributed by atoms with Crippen molar-refractivity contribution in [2.24, 2.45) is 4.99 Å². The van der Waals surface area contributed by atoms with Crippen LogP contribution >= 0.6 is 11.8 Å². The third kappa shape index (κ3) is 5.66. The molecule has 2 aliphatic rings.